The smallest absolute Gasteiger partial charge is 0.394 e. The molecule has 118 valence electrons. The second-order valence-corrected chi connectivity index (χ2v) is 4.89. The highest BCUT2D eigenvalue weighted by Gasteiger charge is 2.67. The first kappa shape index (κ1) is 16.0. The van der Waals surface area contributed by atoms with Crippen LogP contribution < -0.4 is 5.73 Å². The Morgan fingerprint density at radius 3 is 2.71 bits per heavy atom. The number of anilines is 1. The van der Waals surface area contributed by atoms with Crippen LogP contribution in [0.15, 0.2) is 6.20 Å². The molecule has 5 nitrogen and oxygen atoms in total. The van der Waals surface area contributed by atoms with Crippen molar-refractivity contribution in [1.29, 1.82) is 0 Å². The lowest BCUT2D eigenvalue weighted by atomic mass is 9.99. The molecule has 1 aliphatic rings. The number of nitrogens with two attached hydrogens (primary N) is 1. The van der Waals surface area contributed by atoms with E-state index in [9.17, 15) is 22.0 Å². The molecule has 0 saturated carbocycles. The minimum Gasteiger partial charge on any atom is -0.394 e. The van der Waals surface area contributed by atoms with Crippen LogP contribution in [0.5, 0.6) is 0 Å². The third-order valence-electron chi connectivity index (χ3n) is 3.10. The van der Waals surface area contributed by atoms with Crippen molar-refractivity contribution >= 4 is 18.0 Å². The van der Waals surface area contributed by atoms with Crippen molar-refractivity contribution in [2.45, 2.75) is 30.6 Å². The molecule has 0 spiro atoms. The number of hydrogen-bond acceptors (Lipinski definition) is 5. The van der Waals surface area contributed by atoms with Gasteiger partial charge in [-0.3, -0.25) is 4.57 Å². The van der Waals surface area contributed by atoms with Gasteiger partial charge in [0.05, 0.1) is 12.7 Å². The Labute approximate surface area is 120 Å². The molecule has 1 saturated heterocycles. The summed E-state index contributed by atoms with van der Waals surface area (Å²) in [5.41, 5.74) is 1.30. The Bertz CT molecular complexity index is 607. The van der Waals surface area contributed by atoms with Gasteiger partial charge in [-0.15, -0.1) is 0 Å². The number of nitrogens with zero attached hydrogens (tertiary/aromatic N) is 2. The monoisotopic (exact) mass is 331 g/mol. The summed E-state index contributed by atoms with van der Waals surface area (Å²) >= 11 is 4.66. The molecule has 2 rings (SSSR count). The van der Waals surface area contributed by atoms with Crippen LogP contribution in [-0.2, 0) is 4.74 Å². The van der Waals surface area contributed by atoms with Crippen LogP contribution in [0, 0.1) is 10.6 Å². The maximum absolute atomic E-state index is 14.4. The summed E-state index contributed by atoms with van der Waals surface area (Å²) in [6, 6.07) is 0. The molecule has 21 heavy (non-hydrogen) atoms. The van der Waals surface area contributed by atoms with Crippen molar-refractivity contribution in [2.24, 2.45) is 0 Å². The number of halogens is 5. The van der Waals surface area contributed by atoms with Crippen molar-refractivity contribution in [3.05, 3.63) is 16.8 Å². The Hall–Kier alpha value is -1.33. The molecule has 3 N–H and O–H groups in total. The molecule has 1 fully saturated rings. The third-order valence-corrected chi connectivity index (χ3v) is 3.40. The summed E-state index contributed by atoms with van der Waals surface area (Å²) in [5, 5.41) is 8.89. The Morgan fingerprint density at radius 1 is 1.57 bits per heavy atom. The summed E-state index contributed by atoms with van der Waals surface area (Å²) in [6.45, 7) is -0.823. The summed E-state index contributed by atoms with van der Waals surface area (Å²) < 4.78 is 71.4. The standard InChI is InChI=1S/C10H10F5N3O2S/c11-5-2-18(8(21)17-6(5)16)7-9(12,10(13,14)15)1-4(3-19)20-7/h2,4,7,19H,1,3H2,(H2,16,17,21)/t4-,7+,9+/m0/s1. The van der Waals surface area contributed by atoms with Crippen LogP contribution in [0.4, 0.5) is 27.8 Å². The lowest BCUT2D eigenvalue weighted by molar-refractivity contribution is -0.256. The van der Waals surface area contributed by atoms with Crippen LogP contribution in [0.2, 0.25) is 0 Å². The zero-order chi connectivity index (χ0) is 16.0. The first-order valence-corrected chi connectivity index (χ1v) is 6.07. The van der Waals surface area contributed by atoms with Crippen LogP contribution in [0.3, 0.4) is 0 Å². The molecule has 1 aliphatic heterocycles. The largest absolute Gasteiger partial charge is 0.427 e. The van der Waals surface area contributed by atoms with Crippen LogP contribution in [-0.4, -0.2) is 39.2 Å². The van der Waals surface area contributed by atoms with E-state index >= 15 is 0 Å². The van der Waals surface area contributed by atoms with Crippen molar-refractivity contribution in [1.82, 2.24) is 9.55 Å². The second kappa shape index (κ2) is 5.14. The quantitative estimate of drug-likeness (QED) is 0.639. The lowest BCUT2D eigenvalue weighted by Gasteiger charge is -2.29. The van der Waals surface area contributed by atoms with Crippen LogP contribution in [0.25, 0.3) is 0 Å². The van der Waals surface area contributed by atoms with E-state index in [1.165, 1.54) is 0 Å². The molecule has 1 aromatic rings. The summed E-state index contributed by atoms with van der Waals surface area (Å²) in [4.78, 5) is 3.32. The highest BCUT2D eigenvalue weighted by Crippen LogP contribution is 2.51. The van der Waals surface area contributed by atoms with Gasteiger partial charge in [0.1, 0.15) is 0 Å². The van der Waals surface area contributed by atoms with Gasteiger partial charge < -0.3 is 15.6 Å². The number of ether oxygens (including phenoxy) is 1. The molecule has 0 radical (unpaired) electrons. The molecule has 2 heterocycles. The average molecular weight is 331 g/mol. The van der Waals surface area contributed by atoms with Crippen molar-refractivity contribution in [3.8, 4) is 0 Å². The third kappa shape index (κ3) is 2.60. The van der Waals surface area contributed by atoms with E-state index in [0.29, 0.717) is 10.8 Å². The number of hydrogen-bond donors (Lipinski definition) is 2. The van der Waals surface area contributed by atoms with Gasteiger partial charge in [-0.2, -0.15) is 18.2 Å². The molecular formula is C10H10F5N3O2S. The summed E-state index contributed by atoms with van der Waals surface area (Å²) in [5.74, 6) is -1.78. The molecule has 11 heteroatoms. The number of aliphatic hydroxyl groups excluding tert-OH is 1. The molecule has 3 atom stereocenters. The topological polar surface area (TPSA) is 73.3 Å². The van der Waals surface area contributed by atoms with Gasteiger partial charge in [-0.1, -0.05) is 0 Å². The fourth-order valence-electron chi connectivity index (χ4n) is 2.05. The maximum Gasteiger partial charge on any atom is 0.427 e. The molecule has 0 unspecified atom stereocenters. The SMILES string of the molecule is Nc1nc(=S)n([C@@H]2O[C@H](CO)C[C@]2(F)C(F)(F)F)cc1F. The lowest BCUT2D eigenvalue weighted by Crippen LogP contribution is -2.45. The van der Waals surface area contributed by atoms with E-state index in [-0.39, 0.29) is 0 Å². The summed E-state index contributed by atoms with van der Waals surface area (Å²) in [6.07, 6.45) is -9.62. The number of alkyl halides is 4. The normalized spacial score (nSPS) is 29.8. The number of nitrogen functional groups attached to an aromatic ring is 1. The predicted octanol–water partition coefficient (Wildman–Crippen LogP) is 1.88. The fourth-order valence-corrected chi connectivity index (χ4v) is 2.29. The van der Waals surface area contributed by atoms with Crippen molar-refractivity contribution < 1.29 is 31.8 Å². The number of rotatable bonds is 2. The highest BCUT2D eigenvalue weighted by molar-refractivity contribution is 7.71. The van der Waals surface area contributed by atoms with Gasteiger partial charge in [0.25, 0.3) is 5.67 Å². The van der Waals surface area contributed by atoms with E-state index in [1.54, 1.807) is 0 Å². The maximum atomic E-state index is 14.4. The van der Waals surface area contributed by atoms with E-state index in [2.05, 4.69) is 17.2 Å². The molecule has 1 aromatic heterocycles. The zero-order valence-electron chi connectivity index (χ0n) is 10.3. The van der Waals surface area contributed by atoms with Gasteiger partial charge in [-0.25, -0.2) is 8.78 Å². The highest BCUT2D eigenvalue weighted by atomic mass is 32.1. The van der Waals surface area contributed by atoms with Gasteiger partial charge in [0.2, 0.25) is 4.77 Å². The molecule has 0 bridgehead atoms. The number of aliphatic hydroxyl groups is 1. The Balaban J connectivity index is 2.55. The molecule has 0 aromatic carbocycles. The van der Waals surface area contributed by atoms with E-state index in [1.807, 2.05) is 0 Å². The Kier molecular flexibility index (Phi) is 3.93. The van der Waals surface area contributed by atoms with Gasteiger partial charge in [0.15, 0.2) is 17.9 Å². The zero-order valence-corrected chi connectivity index (χ0v) is 11.1. The molecule has 0 aliphatic carbocycles. The second-order valence-electron chi connectivity index (χ2n) is 4.52. The van der Waals surface area contributed by atoms with Crippen molar-refractivity contribution in [3.63, 3.8) is 0 Å². The molecular weight excluding hydrogens is 321 g/mol. The number of aromatic nitrogens is 2. The van der Waals surface area contributed by atoms with Crippen LogP contribution in [0.1, 0.15) is 12.6 Å². The van der Waals surface area contributed by atoms with Crippen molar-refractivity contribution in [2.75, 3.05) is 12.3 Å². The van der Waals surface area contributed by atoms with Gasteiger partial charge >= 0.3 is 6.18 Å². The van der Waals surface area contributed by atoms with E-state index < -0.39 is 53.6 Å². The predicted molar refractivity (Wildman–Crippen MR) is 62.9 cm³/mol. The first-order valence-electron chi connectivity index (χ1n) is 5.66. The molecule has 0 amide bonds. The first-order chi connectivity index (χ1) is 9.60. The summed E-state index contributed by atoms with van der Waals surface area (Å²) in [7, 11) is 0. The Morgan fingerprint density at radius 2 is 2.19 bits per heavy atom. The average Bonchev–Trinajstić information content (AvgIpc) is 2.72. The minimum atomic E-state index is -5.30. The van der Waals surface area contributed by atoms with Crippen LogP contribution >= 0.6 is 12.2 Å². The fraction of sp³-hybridized carbons (Fsp3) is 0.600. The van der Waals surface area contributed by atoms with Gasteiger partial charge in [-0.05, 0) is 12.2 Å². The van der Waals surface area contributed by atoms with E-state index in [0.717, 1.165) is 0 Å². The van der Waals surface area contributed by atoms with E-state index in [4.69, 9.17) is 15.6 Å². The van der Waals surface area contributed by atoms with Gasteiger partial charge in [0, 0.05) is 12.6 Å². The minimum absolute atomic E-state index is 0.407.